The molecule has 0 spiro atoms. The number of oxazole rings is 1. The van der Waals surface area contributed by atoms with Gasteiger partial charge in [0.15, 0.2) is 11.5 Å². The van der Waals surface area contributed by atoms with Crippen LogP contribution in [0, 0.1) is 12.3 Å². The van der Waals surface area contributed by atoms with Gasteiger partial charge in [0, 0.05) is 18.0 Å². The van der Waals surface area contributed by atoms with E-state index in [2.05, 4.69) is 4.98 Å². The molecule has 3 rings (SSSR count). The average molecular weight is 295 g/mol. The monoisotopic (exact) mass is 294 g/mol. The number of nitrogens with zero attached hydrogens (tertiary/aromatic N) is 2. The summed E-state index contributed by atoms with van der Waals surface area (Å²) in [6, 6.07) is 3.55. The molecular weight excluding hydrogens is 280 g/mol. The van der Waals surface area contributed by atoms with Crippen molar-refractivity contribution in [3.05, 3.63) is 28.6 Å². The SMILES string of the molecule is Cc1nc2cc(CN3OCC(C)(C)C3=O)c(Cl)cc2o1. The lowest BCUT2D eigenvalue weighted by Crippen LogP contribution is -2.30. The normalized spacial score (nSPS) is 18.2. The van der Waals surface area contributed by atoms with Crippen LogP contribution in [-0.4, -0.2) is 22.6 Å². The van der Waals surface area contributed by atoms with Gasteiger partial charge in [-0.25, -0.2) is 10.0 Å². The zero-order valence-corrected chi connectivity index (χ0v) is 12.3. The molecule has 106 valence electrons. The molecule has 2 heterocycles. The fourth-order valence-electron chi connectivity index (χ4n) is 2.20. The Bertz CT molecular complexity index is 693. The molecule has 0 radical (unpaired) electrons. The summed E-state index contributed by atoms with van der Waals surface area (Å²) in [5, 5.41) is 1.90. The smallest absolute Gasteiger partial charge is 0.254 e. The van der Waals surface area contributed by atoms with Crippen molar-refractivity contribution in [2.45, 2.75) is 27.3 Å². The van der Waals surface area contributed by atoms with E-state index in [0.29, 0.717) is 29.6 Å². The molecule has 6 heteroatoms. The minimum atomic E-state index is -0.485. The average Bonchev–Trinajstić information content (AvgIpc) is 2.83. The summed E-state index contributed by atoms with van der Waals surface area (Å²) in [6.45, 7) is 6.20. The highest BCUT2D eigenvalue weighted by Gasteiger charge is 2.40. The number of hydroxylamine groups is 2. The predicted molar refractivity (Wildman–Crippen MR) is 74.0 cm³/mol. The fraction of sp³-hybridized carbons (Fsp3) is 0.429. The number of halogens is 1. The molecule has 5 nitrogen and oxygen atoms in total. The van der Waals surface area contributed by atoms with Crippen LogP contribution in [0.15, 0.2) is 16.5 Å². The van der Waals surface area contributed by atoms with E-state index in [1.165, 1.54) is 5.06 Å². The highest BCUT2D eigenvalue weighted by atomic mass is 35.5. The summed E-state index contributed by atoms with van der Waals surface area (Å²) >= 11 is 6.23. The van der Waals surface area contributed by atoms with Crippen LogP contribution < -0.4 is 0 Å². The molecule has 0 saturated carbocycles. The van der Waals surface area contributed by atoms with Crippen LogP contribution in [0.25, 0.3) is 11.1 Å². The van der Waals surface area contributed by atoms with Crippen LogP contribution in [-0.2, 0) is 16.2 Å². The number of aryl methyl sites for hydroxylation is 1. The van der Waals surface area contributed by atoms with Gasteiger partial charge in [-0.2, -0.15) is 0 Å². The molecule has 1 aliphatic heterocycles. The van der Waals surface area contributed by atoms with Gasteiger partial charge in [-0.3, -0.25) is 9.63 Å². The summed E-state index contributed by atoms with van der Waals surface area (Å²) in [6.07, 6.45) is 0. The highest BCUT2D eigenvalue weighted by Crippen LogP contribution is 2.31. The van der Waals surface area contributed by atoms with Crippen molar-refractivity contribution in [1.82, 2.24) is 10.0 Å². The standard InChI is InChI=1S/C14H15ClN2O3/c1-8-16-11-4-9(10(15)5-12(11)20-8)6-17-13(18)14(2,3)7-19-17/h4-5H,6-7H2,1-3H3. The number of hydrogen-bond acceptors (Lipinski definition) is 4. The van der Waals surface area contributed by atoms with Crippen molar-refractivity contribution in [2.24, 2.45) is 5.41 Å². The largest absolute Gasteiger partial charge is 0.441 e. The minimum Gasteiger partial charge on any atom is -0.441 e. The fourth-order valence-corrected chi connectivity index (χ4v) is 2.41. The Kier molecular flexibility index (Phi) is 2.99. The number of hydrogen-bond donors (Lipinski definition) is 0. The molecule has 0 N–H and O–H groups in total. The van der Waals surface area contributed by atoms with Crippen LogP contribution in [0.5, 0.6) is 0 Å². The summed E-state index contributed by atoms with van der Waals surface area (Å²) in [5.41, 5.74) is 1.68. The quantitative estimate of drug-likeness (QED) is 0.854. The summed E-state index contributed by atoms with van der Waals surface area (Å²) in [4.78, 5) is 21.8. The molecule has 20 heavy (non-hydrogen) atoms. The van der Waals surface area contributed by atoms with Gasteiger partial charge in [0.1, 0.15) is 5.52 Å². The van der Waals surface area contributed by atoms with Crippen molar-refractivity contribution in [3.63, 3.8) is 0 Å². The van der Waals surface area contributed by atoms with Crippen LogP contribution in [0.4, 0.5) is 0 Å². The van der Waals surface area contributed by atoms with Gasteiger partial charge in [-0.1, -0.05) is 11.6 Å². The summed E-state index contributed by atoms with van der Waals surface area (Å²) in [7, 11) is 0. The molecule has 1 saturated heterocycles. The predicted octanol–water partition coefficient (Wildman–Crippen LogP) is 3.09. The van der Waals surface area contributed by atoms with E-state index in [9.17, 15) is 4.79 Å². The molecule has 0 aliphatic carbocycles. The van der Waals surface area contributed by atoms with E-state index >= 15 is 0 Å². The molecule has 1 amide bonds. The molecule has 1 fully saturated rings. The second kappa shape index (κ2) is 4.46. The van der Waals surface area contributed by atoms with Crippen molar-refractivity contribution in [2.75, 3.05) is 6.61 Å². The van der Waals surface area contributed by atoms with Gasteiger partial charge >= 0.3 is 0 Å². The maximum absolute atomic E-state index is 12.1. The molecule has 2 aromatic rings. The first kappa shape index (κ1) is 13.4. The number of aromatic nitrogens is 1. The third-order valence-electron chi connectivity index (χ3n) is 3.36. The Morgan fingerprint density at radius 1 is 1.45 bits per heavy atom. The lowest BCUT2D eigenvalue weighted by Gasteiger charge is -2.17. The minimum absolute atomic E-state index is 0.0370. The lowest BCUT2D eigenvalue weighted by molar-refractivity contribution is -0.165. The third-order valence-corrected chi connectivity index (χ3v) is 3.72. The maximum atomic E-state index is 12.1. The first-order chi connectivity index (χ1) is 9.37. The van der Waals surface area contributed by atoms with E-state index < -0.39 is 5.41 Å². The first-order valence-electron chi connectivity index (χ1n) is 6.37. The third kappa shape index (κ3) is 2.17. The van der Waals surface area contributed by atoms with Gasteiger partial charge in [0.05, 0.1) is 18.6 Å². The van der Waals surface area contributed by atoms with Gasteiger partial charge in [-0.05, 0) is 25.5 Å². The first-order valence-corrected chi connectivity index (χ1v) is 6.75. The molecule has 1 aliphatic rings. The van der Waals surface area contributed by atoms with Gasteiger partial charge in [0.25, 0.3) is 5.91 Å². The number of rotatable bonds is 2. The van der Waals surface area contributed by atoms with E-state index in [-0.39, 0.29) is 5.91 Å². The van der Waals surface area contributed by atoms with Crippen molar-refractivity contribution < 1.29 is 14.0 Å². The van der Waals surface area contributed by atoms with Gasteiger partial charge in [-0.15, -0.1) is 0 Å². The molecule has 0 unspecified atom stereocenters. The lowest BCUT2D eigenvalue weighted by atomic mass is 9.95. The van der Waals surface area contributed by atoms with Gasteiger partial charge < -0.3 is 4.42 Å². The Morgan fingerprint density at radius 3 is 2.85 bits per heavy atom. The topological polar surface area (TPSA) is 55.6 Å². The molecule has 0 bridgehead atoms. The number of amides is 1. The van der Waals surface area contributed by atoms with E-state index in [1.807, 2.05) is 19.9 Å². The number of carbonyl (C=O) groups is 1. The molecular formula is C14H15ClN2O3. The number of carbonyl (C=O) groups excluding carboxylic acids is 1. The van der Waals surface area contributed by atoms with Crippen molar-refractivity contribution >= 4 is 28.6 Å². The van der Waals surface area contributed by atoms with Crippen LogP contribution in [0.1, 0.15) is 25.3 Å². The summed E-state index contributed by atoms with van der Waals surface area (Å²) in [5.74, 6) is 0.549. The molecule has 0 atom stereocenters. The summed E-state index contributed by atoms with van der Waals surface area (Å²) < 4.78 is 5.42. The van der Waals surface area contributed by atoms with Crippen molar-refractivity contribution in [3.8, 4) is 0 Å². The van der Waals surface area contributed by atoms with E-state index in [1.54, 1.807) is 13.0 Å². The molecule has 1 aromatic heterocycles. The van der Waals surface area contributed by atoms with E-state index in [4.69, 9.17) is 20.9 Å². The van der Waals surface area contributed by atoms with E-state index in [0.717, 1.165) is 11.1 Å². The maximum Gasteiger partial charge on any atom is 0.254 e. The molecule has 1 aromatic carbocycles. The highest BCUT2D eigenvalue weighted by molar-refractivity contribution is 6.32. The number of fused-ring (bicyclic) bond motifs is 1. The number of benzene rings is 1. The van der Waals surface area contributed by atoms with Crippen LogP contribution >= 0.6 is 11.6 Å². The second-order valence-corrected chi connectivity index (χ2v) is 6.05. The Morgan fingerprint density at radius 2 is 2.20 bits per heavy atom. The van der Waals surface area contributed by atoms with Crippen molar-refractivity contribution in [1.29, 1.82) is 0 Å². The Labute approximate surface area is 121 Å². The van der Waals surface area contributed by atoms with Crippen LogP contribution in [0.2, 0.25) is 5.02 Å². The second-order valence-electron chi connectivity index (χ2n) is 5.64. The zero-order chi connectivity index (χ0) is 14.5. The van der Waals surface area contributed by atoms with Gasteiger partial charge in [0.2, 0.25) is 0 Å². The Hall–Kier alpha value is -1.59. The zero-order valence-electron chi connectivity index (χ0n) is 11.6. The Balaban J connectivity index is 1.91. The van der Waals surface area contributed by atoms with Crippen LogP contribution in [0.3, 0.4) is 0 Å².